The first-order valence-electron chi connectivity index (χ1n) is 11.9. The third kappa shape index (κ3) is 3.28. The number of Topliss-reactive ketones (excluding diaryl/α,β-unsaturated/α-hetero) is 1. The summed E-state index contributed by atoms with van der Waals surface area (Å²) in [5, 5.41) is 22.7. The minimum absolute atomic E-state index is 0.0925. The number of allylic oxidation sites excluding steroid dienone is 2. The predicted molar refractivity (Wildman–Crippen MR) is 140 cm³/mol. The second-order valence-corrected chi connectivity index (χ2v) is 9.46. The summed E-state index contributed by atoms with van der Waals surface area (Å²) < 4.78 is 0. The van der Waals surface area contributed by atoms with Crippen molar-refractivity contribution in [2.24, 2.45) is 0 Å². The van der Waals surface area contributed by atoms with Crippen LogP contribution in [-0.4, -0.2) is 26.0 Å². The van der Waals surface area contributed by atoms with Gasteiger partial charge in [0.1, 0.15) is 11.5 Å². The summed E-state index contributed by atoms with van der Waals surface area (Å²) in [5.41, 5.74) is 7.31. The highest BCUT2D eigenvalue weighted by Crippen LogP contribution is 2.53. The summed E-state index contributed by atoms with van der Waals surface area (Å²) in [7, 11) is 0. The van der Waals surface area contributed by atoms with Gasteiger partial charge in [-0.05, 0) is 37.1 Å². The molecule has 0 saturated carbocycles. The Labute approximate surface area is 209 Å². The van der Waals surface area contributed by atoms with Crippen LogP contribution in [0.3, 0.4) is 0 Å². The molecule has 36 heavy (non-hydrogen) atoms. The molecule has 2 aromatic carbocycles. The van der Waals surface area contributed by atoms with Gasteiger partial charge in [-0.2, -0.15) is 0 Å². The summed E-state index contributed by atoms with van der Waals surface area (Å²) in [6.07, 6.45) is 6.68. The number of carbonyl (C=O) groups is 1. The van der Waals surface area contributed by atoms with Crippen LogP contribution in [0, 0.1) is 13.8 Å². The quantitative estimate of drug-likeness (QED) is 0.359. The van der Waals surface area contributed by atoms with Crippen LogP contribution in [0.5, 0.6) is 0 Å². The van der Waals surface area contributed by atoms with Gasteiger partial charge < -0.3 is 10.2 Å². The van der Waals surface area contributed by atoms with Gasteiger partial charge in [-0.25, -0.2) is 0 Å². The summed E-state index contributed by atoms with van der Waals surface area (Å²) in [6, 6.07) is 18.9. The molecule has 6 rings (SSSR count). The number of pyridine rings is 2. The van der Waals surface area contributed by atoms with E-state index in [0.717, 1.165) is 22.3 Å². The Balaban J connectivity index is 1.58. The average molecular weight is 473 g/mol. The molecule has 2 N–H and O–H groups in total. The van der Waals surface area contributed by atoms with Gasteiger partial charge in [0, 0.05) is 58.2 Å². The van der Waals surface area contributed by atoms with Crippen molar-refractivity contribution in [1.82, 2.24) is 9.97 Å². The molecule has 0 bridgehead atoms. The Hall–Kier alpha value is -4.51. The molecule has 0 saturated heterocycles. The van der Waals surface area contributed by atoms with E-state index in [9.17, 15) is 15.0 Å². The van der Waals surface area contributed by atoms with Crippen molar-refractivity contribution in [2.75, 3.05) is 0 Å². The molecule has 0 aliphatic heterocycles. The second-order valence-electron chi connectivity index (χ2n) is 9.46. The normalized spacial score (nSPS) is 18.4. The van der Waals surface area contributed by atoms with E-state index in [1.807, 2.05) is 62.4 Å². The number of hydrogen-bond donors (Lipinski definition) is 2. The van der Waals surface area contributed by atoms with E-state index in [1.54, 1.807) is 36.9 Å². The molecule has 4 aromatic rings. The molecule has 176 valence electrons. The zero-order chi connectivity index (χ0) is 25.0. The predicted octanol–water partition coefficient (Wildman–Crippen LogP) is 6.41. The first kappa shape index (κ1) is 22.0. The molecule has 2 aliphatic rings. The maximum absolute atomic E-state index is 14.7. The Kier molecular flexibility index (Phi) is 5.07. The highest BCUT2D eigenvalue weighted by molar-refractivity contribution is 6.18. The number of carbonyl (C=O) groups excluding carboxylic acids is 1. The molecule has 0 spiro atoms. The lowest BCUT2D eigenvalue weighted by atomic mass is 9.77. The topological polar surface area (TPSA) is 83.3 Å². The number of ketones is 1. The minimum Gasteiger partial charge on any atom is -0.507 e. The second kappa shape index (κ2) is 8.31. The minimum atomic E-state index is -0.722. The van der Waals surface area contributed by atoms with E-state index in [1.165, 1.54) is 0 Å². The number of aryl methyl sites for hydroxylation is 2. The monoisotopic (exact) mass is 472 g/mol. The van der Waals surface area contributed by atoms with Crippen LogP contribution in [0.4, 0.5) is 0 Å². The van der Waals surface area contributed by atoms with E-state index >= 15 is 0 Å². The Morgan fingerprint density at radius 3 is 1.53 bits per heavy atom. The number of nitrogens with zero attached hydrogens (tertiary/aromatic N) is 2. The van der Waals surface area contributed by atoms with Gasteiger partial charge in [0.25, 0.3) is 0 Å². The third-order valence-electron chi connectivity index (χ3n) is 7.15. The van der Waals surface area contributed by atoms with Crippen LogP contribution in [0.25, 0.3) is 22.7 Å². The zero-order valence-electron chi connectivity index (χ0n) is 19.9. The number of fused-ring (bicyclic) bond motifs is 2. The molecule has 0 fully saturated rings. The number of benzene rings is 2. The third-order valence-corrected chi connectivity index (χ3v) is 7.15. The van der Waals surface area contributed by atoms with Crippen molar-refractivity contribution in [3.05, 3.63) is 130 Å². The van der Waals surface area contributed by atoms with Crippen LogP contribution >= 0.6 is 0 Å². The van der Waals surface area contributed by atoms with Gasteiger partial charge in [-0.1, -0.05) is 59.7 Å². The van der Waals surface area contributed by atoms with Crippen molar-refractivity contribution in [3.63, 3.8) is 0 Å². The Bertz CT molecular complexity index is 1470. The van der Waals surface area contributed by atoms with Crippen LogP contribution in [0.2, 0.25) is 0 Å². The highest BCUT2D eigenvalue weighted by Gasteiger charge is 2.45. The van der Waals surface area contributed by atoms with Crippen LogP contribution in [-0.2, 0) is 4.79 Å². The molecular weight excluding hydrogens is 448 g/mol. The van der Waals surface area contributed by atoms with Crippen molar-refractivity contribution in [2.45, 2.75) is 25.7 Å². The van der Waals surface area contributed by atoms with Crippen LogP contribution < -0.4 is 0 Å². The molecule has 2 unspecified atom stereocenters. The van der Waals surface area contributed by atoms with Crippen LogP contribution in [0.15, 0.2) is 85.5 Å². The average Bonchev–Trinajstić information content (AvgIpc) is 3.34. The highest BCUT2D eigenvalue weighted by atomic mass is 16.3. The van der Waals surface area contributed by atoms with Gasteiger partial charge in [0.15, 0.2) is 5.78 Å². The number of aromatic nitrogens is 2. The van der Waals surface area contributed by atoms with Gasteiger partial charge >= 0.3 is 0 Å². The zero-order valence-corrected chi connectivity index (χ0v) is 19.9. The van der Waals surface area contributed by atoms with Crippen molar-refractivity contribution < 1.29 is 15.0 Å². The van der Waals surface area contributed by atoms with E-state index < -0.39 is 11.8 Å². The summed E-state index contributed by atoms with van der Waals surface area (Å²) in [6.45, 7) is 3.95. The Morgan fingerprint density at radius 1 is 0.694 bits per heavy atom. The lowest BCUT2D eigenvalue weighted by Gasteiger charge is -2.23. The van der Waals surface area contributed by atoms with Gasteiger partial charge in [-0.3, -0.25) is 14.8 Å². The molecule has 2 atom stereocenters. The molecule has 2 aliphatic carbocycles. The summed E-state index contributed by atoms with van der Waals surface area (Å²) in [5.74, 6) is -1.37. The molecule has 0 amide bonds. The fourth-order valence-electron chi connectivity index (χ4n) is 5.56. The lowest BCUT2D eigenvalue weighted by Crippen LogP contribution is -2.21. The lowest BCUT2D eigenvalue weighted by molar-refractivity contribution is -0.119. The fourth-order valence-corrected chi connectivity index (χ4v) is 5.56. The van der Waals surface area contributed by atoms with E-state index in [2.05, 4.69) is 9.97 Å². The fraction of sp³-hybridized carbons (Fsp3) is 0.129. The molecule has 2 aromatic heterocycles. The van der Waals surface area contributed by atoms with Crippen LogP contribution in [0.1, 0.15) is 56.3 Å². The largest absolute Gasteiger partial charge is 0.507 e. The standard InChI is InChI=1S/C31H24N2O3/c1-17-7-9-21-23(13-17)27(25(29(21)34)19-5-3-11-32-15-19)31(36)28-24-14-18(2)8-10-22(24)30(35)26(28)20-6-4-12-33-16-20/h3-16,27-28,34-35H,1-2H3. The Morgan fingerprint density at radius 2 is 1.14 bits per heavy atom. The number of rotatable bonds is 4. The van der Waals surface area contributed by atoms with E-state index in [4.69, 9.17) is 0 Å². The SMILES string of the molecule is Cc1ccc2c(c1)C(C(=O)C1C(c3cccnc3)=C(O)c3ccc(C)cc31)C(c1cccnc1)=C2O. The maximum Gasteiger partial charge on any atom is 0.156 e. The first-order chi connectivity index (χ1) is 17.5. The summed E-state index contributed by atoms with van der Waals surface area (Å²) in [4.78, 5) is 23.2. The number of aliphatic hydroxyl groups excluding tert-OH is 2. The smallest absolute Gasteiger partial charge is 0.156 e. The van der Waals surface area contributed by atoms with E-state index in [0.29, 0.717) is 33.4 Å². The van der Waals surface area contributed by atoms with Crippen molar-refractivity contribution >= 4 is 28.4 Å². The van der Waals surface area contributed by atoms with Gasteiger partial charge in [0.2, 0.25) is 0 Å². The first-order valence-corrected chi connectivity index (χ1v) is 11.9. The van der Waals surface area contributed by atoms with Crippen molar-refractivity contribution in [1.29, 1.82) is 0 Å². The molecular formula is C31H24N2O3. The molecule has 5 nitrogen and oxygen atoms in total. The summed E-state index contributed by atoms with van der Waals surface area (Å²) >= 11 is 0. The number of hydrogen-bond acceptors (Lipinski definition) is 5. The maximum atomic E-state index is 14.7. The van der Waals surface area contributed by atoms with Gasteiger partial charge in [-0.15, -0.1) is 0 Å². The number of aliphatic hydroxyl groups is 2. The van der Waals surface area contributed by atoms with Gasteiger partial charge in [0.05, 0.1) is 11.8 Å². The van der Waals surface area contributed by atoms with E-state index in [-0.39, 0.29) is 17.3 Å². The van der Waals surface area contributed by atoms with Crippen molar-refractivity contribution in [3.8, 4) is 0 Å². The molecule has 5 heteroatoms. The molecule has 2 heterocycles. The molecule has 0 radical (unpaired) electrons.